The lowest BCUT2D eigenvalue weighted by Crippen LogP contribution is -2.43. The van der Waals surface area contributed by atoms with E-state index in [4.69, 9.17) is 0 Å². The van der Waals surface area contributed by atoms with Gasteiger partial charge in [0.2, 0.25) is 0 Å². The first-order chi connectivity index (χ1) is 13.8. The number of Topliss-reactive ketones (excluding diaryl/α,β-unsaturated/α-hetero) is 3. The Morgan fingerprint density at radius 1 is 0.800 bits per heavy atom. The highest BCUT2D eigenvalue weighted by Crippen LogP contribution is 2.47. The van der Waals surface area contributed by atoms with Gasteiger partial charge in [-0.1, -0.05) is 65.8 Å². The molecular formula is C26H34O4. The third-order valence-corrected chi connectivity index (χ3v) is 6.50. The Morgan fingerprint density at radius 3 is 1.73 bits per heavy atom. The van der Waals surface area contributed by atoms with Crippen LogP contribution in [0.1, 0.15) is 90.2 Å². The molecule has 0 radical (unpaired) electrons. The molecule has 3 rings (SSSR count). The highest BCUT2D eigenvalue weighted by atomic mass is 16.3. The number of rotatable bonds is 4. The van der Waals surface area contributed by atoms with Crippen LogP contribution in [0, 0.1) is 16.7 Å². The van der Waals surface area contributed by atoms with E-state index in [1.54, 1.807) is 0 Å². The lowest BCUT2D eigenvalue weighted by molar-refractivity contribution is -0.140. The minimum absolute atomic E-state index is 0.0274. The monoisotopic (exact) mass is 410 g/mol. The molecule has 1 atom stereocenters. The van der Waals surface area contributed by atoms with Crippen molar-refractivity contribution in [3.63, 3.8) is 0 Å². The van der Waals surface area contributed by atoms with Gasteiger partial charge in [-0.2, -0.15) is 0 Å². The van der Waals surface area contributed by atoms with Crippen molar-refractivity contribution < 1.29 is 19.5 Å². The van der Waals surface area contributed by atoms with Gasteiger partial charge in [0.15, 0.2) is 5.78 Å². The topological polar surface area (TPSA) is 71.4 Å². The van der Waals surface area contributed by atoms with Crippen LogP contribution in [-0.2, 0) is 14.4 Å². The van der Waals surface area contributed by atoms with Crippen molar-refractivity contribution in [3.05, 3.63) is 46.7 Å². The fourth-order valence-corrected chi connectivity index (χ4v) is 5.05. The fraction of sp³-hybridized carbons (Fsp3) is 0.577. The van der Waals surface area contributed by atoms with Gasteiger partial charge in [0.25, 0.3) is 0 Å². The predicted octanol–water partition coefficient (Wildman–Crippen LogP) is 5.67. The molecule has 2 aliphatic rings. The molecule has 4 nitrogen and oxygen atoms in total. The van der Waals surface area contributed by atoms with Crippen LogP contribution < -0.4 is 0 Å². The van der Waals surface area contributed by atoms with Gasteiger partial charge in [0.1, 0.15) is 17.3 Å². The van der Waals surface area contributed by atoms with E-state index in [0.717, 1.165) is 11.1 Å². The average molecular weight is 411 g/mol. The van der Waals surface area contributed by atoms with Crippen molar-refractivity contribution in [2.24, 2.45) is 16.7 Å². The number of aliphatic hydroxyl groups excluding tert-OH is 1. The zero-order valence-corrected chi connectivity index (χ0v) is 19.0. The number of hydrogen-bond donors (Lipinski definition) is 1. The Kier molecular flexibility index (Phi) is 5.83. The number of benzene rings is 1. The molecule has 0 spiro atoms. The largest absolute Gasteiger partial charge is 0.512 e. The summed E-state index contributed by atoms with van der Waals surface area (Å²) in [5.74, 6) is -1.68. The van der Waals surface area contributed by atoms with E-state index in [2.05, 4.69) is 13.8 Å². The molecule has 4 heteroatoms. The molecule has 0 bridgehead atoms. The summed E-state index contributed by atoms with van der Waals surface area (Å²) in [4.78, 5) is 39.5. The number of aliphatic hydroxyl groups is 1. The maximum atomic E-state index is 13.2. The van der Waals surface area contributed by atoms with Crippen molar-refractivity contribution in [1.29, 1.82) is 0 Å². The van der Waals surface area contributed by atoms with Crippen LogP contribution in [0.3, 0.4) is 0 Å². The van der Waals surface area contributed by atoms with Gasteiger partial charge in [-0.05, 0) is 27.9 Å². The molecule has 1 fully saturated rings. The molecule has 0 aliphatic heterocycles. The molecule has 162 valence electrons. The Morgan fingerprint density at radius 2 is 1.27 bits per heavy atom. The molecule has 2 aliphatic carbocycles. The summed E-state index contributed by atoms with van der Waals surface area (Å²) >= 11 is 0. The van der Waals surface area contributed by atoms with Crippen LogP contribution in [0.4, 0.5) is 0 Å². The molecule has 0 unspecified atom stereocenters. The van der Waals surface area contributed by atoms with Crippen LogP contribution in [0.25, 0.3) is 0 Å². The Balaban J connectivity index is 2.14. The molecule has 0 aromatic heterocycles. The molecule has 0 heterocycles. The highest BCUT2D eigenvalue weighted by molar-refractivity contribution is 6.09. The minimum atomic E-state index is -0.912. The summed E-state index contributed by atoms with van der Waals surface area (Å²) in [6, 6.07) is 7.80. The number of carbonyl (C=O) groups excluding carboxylic acids is 3. The number of ketones is 3. The quantitative estimate of drug-likeness (QED) is 0.649. The molecule has 1 aromatic rings. The molecule has 0 amide bonds. The van der Waals surface area contributed by atoms with E-state index in [9.17, 15) is 19.5 Å². The molecular weight excluding hydrogens is 376 g/mol. The second-order valence-corrected chi connectivity index (χ2v) is 11.0. The number of hydrogen-bond acceptors (Lipinski definition) is 4. The van der Waals surface area contributed by atoms with E-state index in [1.165, 1.54) is 0 Å². The number of allylic oxidation sites excluding steroid dienone is 2. The normalized spacial score (nSPS) is 23.2. The molecule has 1 aromatic carbocycles. The molecule has 1 N–H and O–H groups in total. The summed E-state index contributed by atoms with van der Waals surface area (Å²) < 4.78 is 0. The molecule has 0 saturated heterocycles. The van der Waals surface area contributed by atoms with Gasteiger partial charge >= 0.3 is 0 Å². The minimum Gasteiger partial charge on any atom is -0.512 e. The van der Waals surface area contributed by atoms with Gasteiger partial charge in [-0.25, -0.2) is 0 Å². The van der Waals surface area contributed by atoms with Crippen LogP contribution in [0.2, 0.25) is 0 Å². The Hall–Kier alpha value is -2.23. The van der Waals surface area contributed by atoms with Crippen LogP contribution in [-0.4, -0.2) is 22.5 Å². The first kappa shape index (κ1) is 22.5. The summed E-state index contributed by atoms with van der Waals surface area (Å²) in [5, 5.41) is 10.9. The molecule has 30 heavy (non-hydrogen) atoms. The fourth-order valence-electron chi connectivity index (χ4n) is 5.05. The first-order valence-electron chi connectivity index (χ1n) is 10.9. The predicted molar refractivity (Wildman–Crippen MR) is 117 cm³/mol. The van der Waals surface area contributed by atoms with Crippen molar-refractivity contribution in [1.82, 2.24) is 0 Å². The van der Waals surface area contributed by atoms with Gasteiger partial charge in [0.05, 0.1) is 5.92 Å². The Labute approximate surface area is 179 Å². The maximum Gasteiger partial charge on any atom is 0.163 e. The maximum absolute atomic E-state index is 13.2. The Bertz CT molecular complexity index is 879. The van der Waals surface area contributed by atoms with E-state index in [-0.39, 0.29) is 39.5 Å². The van der Waals surface area contributed by atoms with Crippen LogP contribution >= 0.6 is 0 Å². The first-order valence-corrected chi connectivity index (χ1v) is 10.9. The van der Waals surface area contributed by atoms with E-state index in [0.29, 0.717) is 31.6 Å². The summed E-state index contributed by atoms with van der Waals surface area (Å²) in [6.45, 7) is 12.0. The zero-order chi connectivity index (χ0) is 22.4. The summed E-state index contributed by atoms with van der Waals surface area (Å²) in [5.41, 5.74) is 1.46. The molecule has 1 saturated carbocycles. The lowest BCUT2D eigenvalue weighted by atomic mass is 9.62. The van der Waals surface area contributed by atoms with E-state index >= 15 is 0 Å². The smallest absolute Gasteiger partial charge is 0.163 e. The van der Waals surface area contributed by atoms with Gasteiger partial charge in [0, 0.05) is 37.2 Å². The van der Waals surface area contributed by atoms with Gasteiger partial charge < -0.3 is 5.11 Å². The van der Waals surface area contributed by atoms with Crippen molar-refractivity contribution in [3.8, 4) is 0 Å². The van der Waals surface area contributed by atoms with Crippen molar-refractivity contribution >= 4 is 17.3 Å². The summed E-state index contributed by atoms with van der Waals surface area (Å²) in [7, 11) is 0. The van der Waals surface area contributed by atoms with Crippen molar-refractivity contribution in [2.45, 2.75) is 79.1 Å². The summed E-state index contributed by atoms with van der Waals surface area (Å²) in [6.07, 6.45) is 1.28. The number of carbonyl (C=O) groups is 3. The van der Waals surface area contributed by atoms with E-state index in [1.807, 2.05) is 52.0 Å². The van der Waals surface area contributed by atoms with Crippen LogP contribution in [0.15, 0.2) is 35.6 Å². The lowest BCUT2D eigenvalue weighted by Gasteiger charge is -2.39. The highest BCUT2D eigenvalue weighted by Gasteiger charge is 2.48. The SMILES string of the molecule is CC(C)c1ccc([C@@H](C2=C(O)CC(C)(C)CC2=O)C2C(=O)CC(C)(C)CC2=O)cc1. The van der Waals surface area contributed by atoms with E-state index < -0.39 is 11.8 Å². The second kappa shape index (κ2) is 7.79. The second-order valence-electron chi connectivity index (χ2n) is 11.0. The van der Waals surface area contributed by atoms with Crippen LogP contribution in [0.5, 0.6) is 0 Å². The van der Waals surface area contributed by atoms with Gasteiger partial charge in [-0.15, -0.1) is 0 Å². The third kappa shape index (κ3) is 4.43. The average Bonchev–Trinajstić information content (AvgIpc) is 2.57. The third-order valence-electron chi connectivity index (χ3n) is 6.50. The zero-order valence-electron chi connectivity index (χ0n) is 19.0. The van der Waals surface area contributed by atoms with Gasteiger partial charge in [-0.3, -0.25) is 14.4 Å². The standard InChI is InChI=1S/C26H34O4/c1-15(2)16-7-9-17(10-8-16)22(23-18(27)11-25(3,4)12-19(23)28)24-20(29)13-26(5,6)14-21(24)30/h7-10,15,22-23,29H,11-14H2,1-6H3/t22-/m1/s1. The van der Waals surface area contributed by atoms with Crippen molar-refractivity contribution in [2.75, 3.05) is 0 Å².